The van der Waals surface area contributed by atoms with E-state index >= 15 is 0 Å². The predicted octanol–water partition coefficient (Wildman–Crippen LogP) is 0.239. The van der Waals surface area contributed by atoms with Gasteiger partial charge in [-0.2, -0.15) is 0 Å². The van der Waals surface area contributed by atoms with E-state index < -0.39 is 10.8 Å². The van der Waals surface area contributed by atoms with Gasteiger partial charge in [-0.15, -0.1) is 0 Å². The molecular formula is C8H14N4OS. The van der Waals surface area contributed by atoms with E-state index in [2.05, 4.69) is 15.3 Å². The van der Waals surface area contributed by atoms with Gasteiger partial charge in [-0.25, -0.2) is 9.97 Å². The summed E-state index contributed by atoms with van der Waals surface area (Å²) < 4.78 is 10.8. The number of hydrogen-bond acceptors (Lipinski definition) is 5. The van der Waals surface area contributed by atoms with E-state index in [4.69, 9.17) is 5.73 Å². The average molecular weight is 214 g/mol. The van der Waals surface area contributed by atoms with Crippen LogP contribution < -0.4 is 11.1 Å². The number of nitrogens with two attached hydrogens (primary N) is 1. The Labute approximate surface area is 85.6 Å². The molecule has 0 spiro atoms. The number of nitrogen functional groups attached to an aromatic ring is 1. The fourth-order valence-electron chi connectivity index (χ4n) is 0.970. The predicted molar refractivity (Wildman–Crippen MR) is 58.5 cm³/mol. The molecule has 14 heavy (non-hydrogen) atoms. The first-order chi connectivity index (χ1) is 6.70. The van der Waals surface area contributed by atoms with Crippen LogP contribution in [0.1, 0.15) is 6.42 Å². The van der Waals surface area contributed by atoms with Gasteiger partial charge in [0.15, 0.2) is 5.82 Å². The van der Waals surface area contributed by atoms with Crippen LogP contribution in [-0.2, 0) is 10.8 Å². The minimum Gasteiger partial charge on any atom is -0.394 e. The zero-order valence-electron chi connectivity index (χ0n) is 8.06. The molecule has 0 fully saturated rings. The van der Waals surface area contributed by atoms with Gasteiger partial charge in [-0.1, -0.05) is 0 Å². The fraction of sp³-hybridized carbons (Fsp3) is 0.500. The highest BCUT2D eigenvalue weighted by Gasteiger charge is 1.98. The molecular weight excluding hydrogens is 200 g/mol. The summed E-state index contributed by atoms with van der Waals surface area (Å²) in [4.78, 5) is 7.75. The monoisotopic (exact) mass is 214 g/mol. The van der Waals surface area contributed by atoms with Gasteiger partial charge in [0.1, 0.15) is 6.33 Å². The summed E-state index contributed by atoms with van der Waals surface area (Å²) in [7, 11) is -0.733. The molecule has 0 amide bonds. The maximum absolute atomic E-state index is 10.8. The summed E-state index contributed by atoms with van der Waals surface area (Å²) in [6, 6.07) is 0. The van der Waals surface area contributed by atoms with E-state index in [1.807, 2.05) is 0 Å². The Morgan fingerprint density at radius 2 is 2.43 bits per heavy atom. The van der Waals surface area contributed by atoms with Crippen molar-refractivity contribution in [3.8, 4) is 0 Å². The average Bonchev–Trinajstić information content (AvgIpc) is 2.15. The molecule has 3 N–H and O–H groups in total. The molecule has 1 atom stereocenters. The van der Waals surface area contributed by atoms with Crippen LogP contribution >= 0.6 is 0 Å². The maximum atomic E-state index is 10.8. The number of nitrogens with one attached hydrogen (secondary N) is 1. The van der Waals surface area contributed by atoms with Crippen molar-refractivity contribution < 1.29 is 4.21 Å². The third-order valence-corrected chi connectivity index (χ3v) is 2.51. The Hall–Kier alpha value is -1.17. The highest BCUT2D eigenvalue weighted by molar-refractivity contribution is 7.84. The van der Waals surface area contributed by atoms with Crippen LogP contribution in [0.4, 0.5) is 11.5 Å². The van der Waals surface area contributed by atoms with E-state index in [-0.39, 0.29) is 0 Å². The zero-order valence-corrected chi connectivity index (χ0v) is 8.88. The van der Waals surface area contributed by atoms with Crippen molar-refractivity contribution in [3.05, 3.63) is 12.5 Å². The minimum atomic E-state index is -0.733. The fourth-order valence-corrected chi connectivity index (χ4v) is 1.52. The van der Waals surface area contributed by atoms with Crippen LogP contribution in [0.25, 0.3) is 0 Å². The van der Waals surface area contributed by atoms with E-state index in [9.17, 15) is 4.21 Å². The molecule has 0 aliphatic heterocycles. The normalized spacial score (nSPS) is 12.4. The first-order valence-corrected chi connectivity index (χ1v) is 6.02. The molecule has 5 nitrogen and oxygen atoms in total. The molecule has 78 valence electrons. The Morgan fingerprint density at radius 3 is 3.07 bits per heavy atom. The molecule has 6 heteroatoms. The number of rotatable bonds is 5. The SMILES string of the molecule is CS(=O)CCCNc1ncncc1N. The smallest absolute Gasteiger partial charge is 0.152 e. The second-order valence-corrected chi connectivity index (χ2v) is 4.44. The van der Waals surface area contributed by atoms with Gasteiger partial charge in [0.05, 0.1) is 11.9 Å². The lowest BCUT2D eigenvalue weighted by Gasteiger charge is -2.05. The number of aromatic nitrogens is 2. The molecule has 1 aromatic rings. The first-order valence-electron chi connectivity index (χ1n) is 4.29. The van der Waals surface area contributed by atoms with Gasteiger partial charge < -0.3 is 11.1 Å². The third kappa shape index (κ3) is 3.69. The van der Waals surface area contributed by atoms with Crippen LogP contribution in [0, 0.1) is 0 Å². The molecule has 0 aliphatic rings. The van der Waals surface area contributed by atoms with E-state index in [0.717, 1.165) is 13.0 Å². The van der Waals surface area contributed by atoms with Crippen molar-refractivity contribution in [2.24, 2.45) is 0 Å². The first kappa shape index (κ1) is 10.9. The maximum Gasteiger partial charge on any atom is 0.152 e. The van der Waals surface area contributed by atoms with E-state index in [1.54, 1.807) is 12.5 Å². The molecule has 0 aromatic carbocycles. The molecule has 1 heterocycles. The van der Waals surface area contributed by atoms with E-state index in [0.29, 0.717) is 17.3 Å². The summed E-state index contributed by atoms with van der Waals surface area (Å²) >= 11 is 0. The lowest BCUT2D eigenvalue weighted by atomic mass is 10.4. The van der Waals surface area contributed by atoms with Gasteiger partial charge in [-0.3, -0.25) is 4.21 Å². The molecule has 0 bridgehead atoms. The highest BCUT2D eigenvalue weighted by atomic mass is 32.2. The largest absolute Gasteiger partial charge is 0.394 e. The van der Waals surface area contributed by atoms with Crippen LogP contribution in [-0.4, -0.2) is 32.7 Å². The second-order valence-electron chi connectivity index (χ2n) is 2.88. The van der Waals surface area contributed by atoms with Crippen molar-refractivity contribution in [2.75, 3.05) is 29.6 Å². The minimum absolute atomic E-state index is 0.533. The van der Waals surface area contributed by atoms with Gasteiger partial charge >= 0.3 is 0 Å². The summed E-state index contributed by atoms with van der Waals surface area (Å²) in [6.45, 7) is 0.723. The Balaban J connectivity index is 2.31. The quantitative estimate of drug-likeness (QED) is 0.686. The highest BCUT2D eigenvalue weighted by Crippen LogP contribution is 2.10. The van der Waals surface area contributed by atoms with Crippen molar-refractivity contribution in [2.45, 2.75) is 6.42 Å². The second kappa shape index (κ2) is 5.54. The molecule has 1 rings (SSSR count). The molecule has 0 saturated heterocycles. The van der Waals surface area contributed by atoms with Gasteiger partial charge in [0.2, 0.25) is 0 Å². The molecule has 0 radical (unpaired) electrons. The molecule has 1 unspecified atom stereocenters. The Bertz CT molecular complexity index is 318. The summed E-state index contributed by atoms with van der Waals surface area (Å²) in [5.74, 6) is 1.33. The van der Waals surface area contributed by atoms with Crippen molar-refractivity contribution in [3.63, 3.8) is 0 Å². The van der Waals surface area contributed by atoms with Gasteiger partial charge in [-0.05, 0) is 6.42 Å². The standard InChI is InChI=1S/C8H14N4OS/c1-14(13)4-2-3-11-8-7(9)5-10-6-12-8/h5-6H,2-4,9H2,1H3,(H,10,11,12). The van der Waals surface area contributed by atoms with Gasteiger partial charge in [0, 0.05) is 29.4 Å². The lowest BCUT2D eigenvalue weighted by molar-refractivity contribution is 0.685. The molecule has 0 aliphatic carbocycles. The Morgan fingerprint density at radius 1 is 1.64 bits per heavy atom. The van der Waals surface area contributed by atoms with Crippen molar-refractivity contribution in [1.29, 1.82) is 0 Å². The van der Waals surface area contributed by atoms with Crippen LogP contribution in [0.5, 0.6) is 0 Å². The molecule has 0 saturated carbocycles. The third-order valence-electron chi connectivity index (χ3n) is 1.64. The lowest BCUT2D eigenvalue weighted by Crippen LogP contribution is -2.09. The number of nitrogens with zero attached hydrogens (tertiary/aromatic N) is 2. The van der Waals surface area contributed by atoms with E-state index in [1.165, 1.54) is 6.33 Å². The summed E-state index contributed by atoms with van der Waals surface area (Å²) in [6.07, 6.45) is 5.52. The van der Waals surface area contributed by atoms with Gasteiger partial charge in [0.25, 0.3) is 0 Å². The van der Waals surface area contributed by atoms with Crippen molar-refractivity contribution >= 4 is 22.3 Å². The topological polar surface area (TPSA) is 80.9 Å². The van der Waals surface area contributed by atoms with Crippen molar-refractivity contribution in [1.82, 2.24) is 9.97 Å². The summed E-state index contributed by atoms with van der Waals surface area (Å²) in [5.41, 5.74) is 6.15. The summed E-state index contributed by atoms with van der Waals surface area (Å²) in [5, 5.41) is 3.06. The molecule has 1 aromatic heterocycles. The zero-order chi connectivity index (χ0) is 10.4. The van der Waals surface area contributed by atoms with Crippen LogP contribution in [0.3, 0.4) is 0 Å². The van der Waals surface area contributed by atoms with Crippen LogP contribution in [0.2, 0.25) is 0 Å². The number of anilines is 2. The Kier molecular flexibility index (Phi) is 4.31. The van der Waals surface area contributed by atoms with Crippen LogP contribution in [0.15, 0.2) is 12.5 Å². The number of hydrogen-bond donors (Lipinski definition) is 2.